The third-order valence-electron chi connectivity index (χ3n) is 4.62. The zero-order valence-corrected chi connectivity index (χ0v) is 13.1. The summed E-state index contributed by atoms with van der Waals surface area (Å²) in [4.78, 5) is 2.62. The molecule has 2 aliphatic rings. The van der Waals surface area contributed by atoms with E-state index in [4.69, 9.17) is 17.3 Å². The maximum Gasteiger partial charge on any atom is 0.0471 e. The van der Waals surface area contributed by atoms with Crippen molar-refractivity contribution < 1.29 is 0 Å². The summed E-state index contributed by atoms with van der Waals surface area (Å²) in [6.07, 6.45) is 5.58. The van der Waals surface area contributed by atoms with E-state index in [1.807, 2.05) is 0 Å². The van der Waals surface area contributed by atoms with E-state index in [-0.39, 0.29) is 0 Å². The van der Waals surface area contributed by atoms with E-state index in [0.717, 1.165) is 22.4 Å². The van der Waals surface area contributed by atoms with Crippen molar-refractivity contribution in [1.82, 2.24) is 4.90 Å². The fourth-order valence-corrected chi connectivity index (χ4v) is 3.09. The van der Waals surface area contributed by atoms with Gasteiger partial charge < -0.3 is 5.73 Å². The Morgan fingerprint density at radius 1 is 1.20 bits per heavy atom. The topological polar surface area (TPSA) is 29.3 Å². The number of aryl methyl sites for hydroxylation is 1. The first-order valence-corrected chi connectivity index (χ1v) is 8.25. The molecule has 0 bridgehead atoms. The van der Waals surface area contributed by atoms with E-state index in [9.17, 15) is 0 Å². The molecule has 1 atom stereocenters. The average Bonchev–Trinajstić information content (AvgIpc) is 3.30. The molecule has 0 spiro atoms. The zero-order chi connectivity index (χ0) is 14.1. The SMILES string of the molecule is Cc1ccc(C(CN)N(CC2CC2)CC2CC2)cc1Cl. The van der Waals surface area contributed by atoms with Gasteiger partial charge in [0.05, 0.1) is 0 Å². The molecule has 3 rings (SSSR count). The molecule has 1 aromatic carbocycles. The van der Waals surface area contributed by atoms with Crippen LogP contribution in [0, 0.1) is 18.8 Å². The van der Waals surface area contributed by atoms with Crippen molar-refractivity contribution in [3.63, 3.8) is 0 Å². The van der Waals surface area contributed by atoms with Crippen LogP contribution < -0.4 is 5.73 Å². The Kier molecular flexibility index (Phi) is 4.34. The van der Waals surface area contributed by atoms with Crippen LogP contribution in [0.15, 0.2) is 18.2 Å². The summed E-state index contributed by atoms with van der Waals surface area (Å²) >= 11 is 6.30. The Morgan fingerprint density at radius 3 is 2.25 bits per heavy atom. The van der Waals surface area contributed by atoms with Crippen molar-refractivity contribution in [2.24, 2.45) is 17.6 Å². The van der Waals surface area contributed by atoms with Crippen molar-refractivity contribution in [2.75, 3.05) is 19.6 Å². The molecule has 0 heterocycles. The molecule has 1 aromatic rings. The van der Waals surface area contributed by atoms with Crippen LogP contribution in [-0.4, -0.2) is 24.5 Å². The van der Waals surface area contributed by atoms with Crippen LogP contribution in [0.1, 0.15) is 42.9 Å². The molecule has 2 saturated carbocycles. The van der Waals surface area contributed by atoms with Gasteiger partial charge >= 0.3 is 0 Å². The highest BCUT2D eigenvalue weighted by Crippen LogP contribution is 2.37. The zero-order valence-electron chi connectivity index (χ0n) is 12.3. The molecule has 2 nitrogen and oxygen atoms in total. The minimum atomic E-state index is 0.328. The van der Waals surface area contributed by atoms with Gasteiger partial charge in [-0.1, -0.05) is 23.7 Å². The van der Waals surface area contributed by atoms with Gasteiger partial charge in [0.1, 0.15) is 0 Å². The van der Waals surface area contributed by atoms with Crippen LogP contribution in [0.2, 0.25) is 5.02 Å². The number of hydrogen-bond acceptors (Lipinski definition) is 2. The summed E-state index contributed by atoms with van der Waals surface area (Å²) in [5, 5.41) is 0.860. The highest BCUT2D eigenvalue weighted by atomic mass is 35.5. The molecular formula is C17H25ClN2. The standard InChI is InChI=1S/C17H25ClN2/c1-12-2-7-15(8-16(12)18)17(9-19)20(10-13-3-4-13)11-14-5-6-14/h2,7-8,13-14,17H,3-6,9-11,19H2,1H3. The molecular weight excluding hydrogens is 268 g/mol. The molecule has 2 fully saturated rings. The van der Waals surface area contributed by atoms with Crippen molar-refractivity contribution in [1.29, 1.82) is 0 Å². The second-order valence-electron chi connectivity index (χ2n) is 6.60. The maximum absolute atomic E-state index is 6.30. The van der Waals surface area contributed by atoms with Crippen LogP contribution in [0.25, 0.3) is 0 Å². The number of hydrogen-bond donors (Lipinski definition) is 1. The predicted molar refractivity (Wildman–Crippen MR) is 85.0 cm³/mol. The molecule has 3 heteroatoms. The van der Waals surface area contributed by atoms with Crippen molar-refractivity contribution in [3.8, 4) is 0 Å². The third-order valence-corrected chi connectivity index (χ3v) is 5.03. The van der Waals surface area contributed by atoms with Crippen LogP contribution in [0.4, 0.5) is 0 Å². The number of benzene rings is 1. The second-order valence-corrected chi connectivity index (χ2v) is 7.01. The lowest BCUT2D eigenvalue weighted by atomic mass is 10.0. The van der Waals surface area contributed by atoms with Crippen molar-refractivity contribution in [2.45, 2.75) is 38.6 Å². The van der Waals surface area contributed by atoms with Gasteiger partial charge in [0, 0.05) is 30.7 Å². The van der Waals surface area contributed by atoms with E-state index >= 15 is 0 Å². The van der Waals surface area contributed by atoms with Crippen LogP contribution in [-0.2, 0) is 0 Å². The van der Waals surface area contributed by atoms with Crippen LogP contribution in [0.3, 0.4) is 0 Å². The lowest BCUT2D eigenvalue weighted by Crippen LogP contribution is -2.36. The summed E-state index contributed by atoms with van der Waals surface area (Å²) in [6.45, 7) is 5.16. The number of rotatable bonds is 7. The summed E-state index contributed by atoms with van der Waals surface area (Å²) < 4.78 is 0. The van der Waals surface area contributed by atoms with E-state index in [0.29, 0.717) is 12.6 Å². The molecule has 0 radical (unpaired) electrons. The van der Waals surface area contributed by atoms with Gasteiger partial charge in [-0.05, 0) is 61.6 Å². The van der Waals surface area contributed by atoms with E-state index in [1.165, 1.54) is 44.3 Å². The molecule has 2 aliphatic carbocycles. The first kappa shape index (κ1) is 14.4. The van der Waals surface area contributed by atoms with Gasteiger partial charge in [-0.3, -0.25) is 4.90 Å². The molecule has 1 unspecified atom stereocenters. The molecule has 0 amide bonds. The Balaban J connectivity index is 1.77. The number of nitrogens with zero attached hydrogens (tertiary/aromatic N) is 1. The van der Waals surface area contributed by atoms with Crippen molar-refractivity contribution in [3.05, 3.63) is 34.3 Å². The lowest BCUT2D eigenvalue weighted by molar-refractivity contribution is 0.185. The Bertz CT molecular complexity index is 452. The van der Waals surface area contributed by atoms with Gasteiger partial charge in [-0.2, -0.15) is 0 Å². The van der Waals surface area contributed by atoms with Gasteiger partial charge in [-0.15, -0.1) is 0 Å². The normalized spacial score (nSPS) is 20.4. The van der Waals surface area contributed by atoms with Gasteiger partial charge in [-0.25, -0.2) is 0 Å². The number of nitrogens with two attached hydrogens (primary N) is 1. The van der Waals surface area contributed by atoms with E-state index in [2.05, 4.69) is 30.0 Å². The smallest absolute Gasteiger partial charge is 0.0471 e. The van der Waals surface area contributed by atoms with Crippen LogP contribution >= 0.6 is 11.6 Å². The number of halogens is 1. The average molecular weight is 293 g/mol. The Hall–Kier alpha value is -0.570. The largest absolute Gasteiger partial charge is 0.329 e. The van der Waals surface area contributed by atoms with Crippen LogP contribution in [0.5, 0.6) is 0 Å². The highest BCUT2D eigenvalue weighted by molar-refractivity contribution is 6.31. The first-order chi connectivity index (χ1) is 9.67. The fourth-order valence-electron chi connectivity index (χ4n) is 2.91. The van der Waals surface area contributed by atoms with E-state index < -0.39 is 0 Å². The summed E-state index contributed by atoms with van der Waals surface area (Å²) in [6, 6.07) is 6.76. The lowest BCUT2D eigenvalue weighted by Gasteiger charge is -2.31. The minimum Gasteiger partial charge on any atom is -0.329 e. The summed E-state index contributed by atoms with van der Waals surface area (Å²) in [5.74, 6) is 1.81. The van der Waals surface area contributed by atoms with Gasteiger partial charge in [0.25, 0.3) is 0 Å². The van der Waals surface area contributed by atoms with E-state index in [1.54, 1.807) is 0 Å². The molecule has 0 aromatic heterocycles. The molecule has 110 valence electrons. The molecule has 20 heavy (non-hydrogen) atoms. The Morgan fingerprint density at radius 2 is 1.80 bits per heavy atom. The first-order valence-electron chi connectivity index (χ1n) is 7.87. The second kappa shape index (κ2) is 6.05. The van der Waals surface area contributed by atoms with Gasteiger partial charge in [0.15, 0.2) is 0 Å². The quantitative estimate of drug-likeness (QED) is 0.829. The summed E-state index contributed by atoms with van der Waals surface area (Å²) in [5.41, 5.74) is 8.52. The maximum atomic E-state index is 6.30. The molecule has 2 N–H and O–H groups in total. The van der Waals surface area contributed by atoms with Gasteiger partial charge in [0.2, 0.25) is 0 Å². The molecule has 0 saturated heterocycles. The fraction of sp³-hybridized carbons (Fsp3) is 0.647. The minimum absolute atomic E-state index is 0.328. The molecule has 0 aliphatic heterocycles. The Labute approximate surface area is 127 Å². The van der Waals surface area contributed by atoms with Crippen molar-refractivity contribution >= 4 is 11.6 Å². The third kappa shape index (κ3) is 3.55. The monoisotopic (exact) mass is 292 g/mol. The summed E-state index contributed by atoms with van der Waals surface area (Å²) in [7, 11) is 0. The highest BCUT2D eigenvalue weighted by Gasteiger charge is 2.32. The predicted octanol–water partition coefficient (Wildman–Crippen LogP) is 3.77.